The van der Waals surface area contributed by atoms with Crippen molar-refractivity contribution in [1.82, 2.24) is 19.5 Å². The summed E-state index contributed by atoms with van der Waals surface area (Å²) in [5, 5.41) is 10.9. The Bertz CT molecular complexity index is 1600. The van der Waals surface area contributed by atoms with Crippen LogP contribution in [0.1, 0.15) is 46.4 Å². The summed E-state index contributed by atoms with van der Waals surface area (Å²) in [6, 6.07) is 7.25. The molecule has 16 nitrogen and oxygen atoms in total. The van der Waals surface area contributed by atoms with Crippen molar-refractivity contribution in [2.75, 3.05) is 11.9 Å². The molecule has 2 N–H and O–H groups in total. The van der Waals surface area contributed by atoms with Gasteiger partial charge in [-0.2, -0.15) is 4.98 Å². The first-order chi connectivity index (χ1) is 20.0. The molecule has 1 aliphatic heterocycles. The van der Waals surface area contributed by atoms with Crippen LogP contribution in [0, 0.1) is 0 Å². The molecule has 1 unspecified atom stereocenters. The molecule has 1 amide bonds. The van der Waals surface area contributed by atoms with Gasteiger partial charge < -0.3 is 18.9 Å². The number of azo groups is 1. The molecule has 0 bridgehead atoms. The summed E-state index contributed by atoms with van der Waals surface area (Å²) < 4.78 is 23.4. The number of aromatic amines is 1. The Labute approximate surface area is 238 Å². The molecule has 0 radical (unpaired) electrons. The minimum absolute atomic E-state index is 0.116. The Hall–Kier alpha value is -4.99. The van der Waals surface area contributed by atoms with Gasteiger partial charge in [-0.3, -0.25) is 38.8 Å². The molecule has 42 heavy (non-hydrogen) atoms. The minimum Gasteiger partial charge on any atom is -0.463 e. The third-order valence-electron chi connectivity index (χ3n) is 6.02. The van der Waals surface area contributed by atoms with E-state index in [1.54, 1.807) is 12.1 Å². The number of nitrogens with zero attached hydrogens (tertiary/aromatic N) is 5. The zero-order valence-electron chi connectivity index (χ0n) is 23.4. The van der Waals surface area contributed by atoms with Gasteiger partial charge in [-0.15, -0.1) is 10.2 Å². The number of ether oxygens (including phenoxy) is 4. The van der Waals surface area contributed by atoms with Crippen molar-refractivity contribution in [3.8, 4) is 0 Å². The van der Waals surface area contributed by atoms with Gasteiger partial charge in [0.2, 0.25) is 11.9 Å². The number of aromatic nitrogens is 4. The molecule has 16 heteroatoms. The van der Waals surface area contributed by atoms with Crippen molar-refractivity contribution in [3.05, 3.63) is 40.2 Å². The molecule has 3 heterocycles. The topological polar surface area (TPSA) is 206 Å². The van der Waals surface area contributed by atoms with Crippen LogP contribution >= 0.6 is 0 Å². The molecular weight excluding hydrogens is 554 g/mol. The maximum atomic E-state index is 13.0. The Morgan fingerprint density at radius 2 is 1.64 bits per heavy atom. The molecular formula is C26H29N7O9. The largest absolute Gasteiger partial charge is 0.463 e. The van der Waals surface area contributed by atoms with E-state index in [1.807, 2.05) is 19.1 Å². The van der Waals surface area contributed by atoms with E-state index in [0.29, 0.717) is 5.69 Å². The van der Waals surface area contributed by atoms with Gasteiger partial charge in [-0.1, -0.05) is 19.1 Å². The standard InChI is InChI=1S/C26H29N7O9/c1-6-16-7-9-17(10-8-16)31-32-26-28-19-22(29-25(27-12(2)34)30-23(19)38)33(26)24-21(41-15(5)37)20(40-14(4)36)18(42-24)11-39-13(3)35/h7-10,18,20-21,24H,6,11H2,1-5H3,(H2,27,29,30,34,38)/b32-31+/t18-,20?,21+,24-/m1/s1. The first-order valence-corrected chi connectivity index (χ1v) is 12.9. The molecule has 0 spiro atoms. The van der Waals surface area contributed by atoms with Crippen molar-refractivity contribution in [3.63, 3.8) is 0 Å². The normalized spacial score (nSPS) is 20.0. The Balaban J connectivity index is 1.90. The van der Waals surface area contributed by atoms with Crippen LogP contribution in [-0.2, 0) is 44.5 Å². The fraction of sp³-hybridized carbons (Fsp3) is 0.423. The highest BCUT2D eigenvalue weighted by atomic mass is 16.7. The number of carbonyl (C=O) groups excluding carboxylic acids is 4. The number of esters is 3. The lowest BCUT2D eigenvalue weighted by atomic mass is 10.1. The summed E-state index contributed by atoms with van der Waals surface area (Å²) >= 11 is 0. The highest BCUT2D eigenvalue weighted by molar-refractivity contribution is 5.87. The Kier molecular flexibility index (Phi) is 9.05. The summed E-state index contributed by atoms with van der Waals surface area (Å²) in [6.07, 6.45) is -4.19. The lowest BCUT2D eigenvalue weighted by molar-refractivity contribution is -0.166. The van der Waals surface area contributed by atoms with E-state index >= 15 is 0 Å². The second kappa shape index (κ2) is 12.7. The number of amides is 1. The number of H-pyrrole nitrogens is 1. The van der Waals surface area contributed by atoms with E-state index in [4.69, 9.17) is 18.9 Å². The highest BCUT2D eigenvalue weighted by Crippen LogP contribution is 2.39. The molecule has 0 aliphatic carbocycles. The molecule has 1 aliphatic rings. The molecule has 1 fully saturated rings. The van der Waals surface area contributed by atoms with Crippen molar-refractivity contribution in [2.45, 2.75) is 65.6 Å². The Morgan fingerprint density at radius 1 is 0.976 bits per heavy atom. The second-order valence-electron chi connectivity index (χ2n) is 9.29. The van der Waals surface area contributed by atoms with Gasteiger partial charge in [0, 0.05) is 27.7 Å². The van der Waals surface area contributed by atoms with E-state index < -0.39 is 53.9 Å². The van der Waals surface area contributed by atoms with E-state index in [0.717, 1.165) is 25.8 Å². The Morgan fingerprint density at radius 3 is 2.24 bits per heavy atom. The smallest absolute Gasteiger partial charge is 0.303 e. The van der Waals surface area contributed by atoms with Crippen LogP contribution in [0.4, 0.5) is 17.6 Å². The summed E-state index contributed by atoms with van der Waals surface area (Å²) in [7, 11) is 0. The quantitative estimate of drug-likeness (QED) is 0.212. The van der Waals surface area contributed by atoms with Crippen LogP contribution in [0.5, 0.6) is 0 Å². The maximum Gasteiger partial charge on any atom is 0.303 e. The summed E-state index contributed by atoms with van der Waals surface area (Å²) in [5.74, 6) is -2.98. The lowest BCUT2D eigenvalue weighted by Gasteiger charge is -2.24. The van der Waals surface area contributed by atoms with Gasteiger partial charge in [0.05, 0.1) is 5.69 Å². The van der Waals surface area contributed by atoms with Gasteiger partial charge in [-0.25, -0.2) is 4.98 Å². The fourth-order valence-electron chi connectivity index (χ4n) is 4.30. The number of rotatable bonds is 9. The van der Waals surface area contributed by atoms with Crippen molar-refractivity contribution in [2.24, 2.45) is 10.2 Å². The van der Waals surface area contributed by atoms with E-state index in [9.17, 15) is 24.0 Å². The van der Waals surface area contributed by atoms with E-state index in [-0.39, 0.29) is 29.7 Å². The van der Waals surface area contributed by atoms with E-state index in [1.165, 1.54) is 18.4 Å². The number of fused-ring (bicyclic) bond motifs is 1. The first kappa shape index (κ1) is 30.0. The number of hydrogen-bond donors (Lipinski definition) is 2. The van der Waals surface area contributed by atoms with Crippen molar-refractivity contribution >= 4 is 52.6 Å². The number of nitrogens with one attached hydrogen (secondary N) is 2. The van der Waals surface area contributed by atoms with E-state index in [2.05, 4.69) is 30.5 Å². The van der Waals surface area contributed by atoms with Crippen LogP contribution in [0.15, 0.2) is 39.3 Å². The van der Waals surface area contributed by atoms with Crippen molar-refractivity contribution < 1.29 is 38.1 Å². The molecule has 1 aromatic carbocycles. The molecule has 3 aromatic rings. The third-order valence-corrected chi connectivity index (χ3v) is 6.02. The number of hydrogen-bond acceptors (Lipinski definition) is 13. The lowest BCUT2D eigenvalue weighted by Crippen LogP contribution is -2.40. The molecule has 1 saturated heterocycles. The van der Waals surface area contributed by atoms with Crippen LogP contribution in [0.25, 0.3) is 11.2 Å². The minimum atomic E-state index is -1.35. The van der Waals surface area contributed by atoms with Gasteiger partial charge in [0.1, 0.15) is 12.7 Å². The molecule has 4 rings (SSSR count). The van der Waals surface area contributed by atoms with Gasteiger partial charge >= 0.3 is 17.9 Å². The predicted octanol–water partition coefficient (Wildman–Crippen LogP) is 2.38. The van der Waals surface area contributed by atoms with Crippen molar-refractivity contribution in [1.29, 1.82) is 0 Å². The van der Waals surface area contributed by atoms with Gasteiger partial charge in [0.15, 0.2) is 29.6 Å². The molecule has 4 atom stereocenters. The average Bonchev–Trinajstić information content (AvgIpc) is 3.43. The zero-order valence-corrected chi connectivity index (χ0v) is 23.4. The number of imidazole rings is 1. The maximum absolute atomic E-state index is 13.0. The third kappa shape index (κ3) is 6.83. The van der Waals surface area contributed by atoms with Gasteiger partial charge in [0.25, 0.3) is 11.5 Å². The zero-order chi connectivity index (χ0) is 30.6. The van der Waals surface area contributed by atoms with Crippen LogP contribution in [0.2, 0.25) is 0 Å². The predicted molar refractivity (Wildman–Crippen MR) is 144 cm³/mol. The SMILES string of the molecule is CCc1ccc(/N=N/c2nc3c(=O)[nH]c(NC(C)=O)nc3n2[C@@H]2O[C@H](COC(C)=O)C(OC(C)=O)[C@@H]2OC(C)=O)cc1. The summed E-state index contributed by atoms with van der Waals surface area (Å²) in [4.78, 5) is 71.4. The van der Waals surface area contributed by atoms with Crippen LogP contribution < -0.4 is 10.9 Å². The summed E-state index contributed by atoms with van der Waals surface area (Å²) in [6.45, 7) is 6.36. The molecule has 222 valence electrons. The number of carbonyl (C=O) groups is 4. The first-order valence-electron chi connectivity index (χ1n) is 12.9. The highest BCUT2D eigenvalue weighted by Gasteiger charge is 2.52. The molecule has 0 saturated carbocycles. The number of benzene rings is 1. The second-order valence-corrected chi connectivity index (χ2v) is 9.29. The average molecular weight is 584 g/mol. The fourth-order valence-corrected chi connectivity index (χ4v) is 4.30. The monoisotopic (exact) mass is 583 g/mol. The van der Waals surface area contributed by atoms with Crippen LogP contribution in [-0.4, -0.2) is 68.3 Å². The van der Waals surface area contributed by atoms with Gasteiger partial charge in [-0.05, 0) is 24.1 Å². The molecule has 2 aromatic heterocycles. The number of anilines is 1. The number of aryl methyl sites for hydroxylation is 1. The summed E-state index contributed by atoms with van der Waals surface area (Å²) in [5.41, 5.74) is 0.523. The van der Waals surface area contributed by atoms with Crippen LogP contribution in [0.3, 0.4) is 0 Å².